The molecule has 108 valence electrons. The van der Waals surface area contributed by atoms with Crippen molar-refractivity contribution in [3.63, 3.8) is 0 Å². The molecule has 1 aromatic rings. The standard InChI is InChI=1S/C16H22N2OS/c1-11-5-4-6-13(12(11)2)14(19)18-9-7-16(3,8-10-18)15(17)20/h4-6H,7-10H2,1-3H3,(H2,17,20). The van der Waals surface area contributed by atoms with E-state index < -0.39 is 0 Å². The molecule has 4 heteroatoms. The van der Waals surface area contributed by atoms with Gasteiger partial charge in [0.05, 0.1) is 4.99 Å². The number of nitrogens with zero attached hydrogens (tertiary/aromatic N) is 1. The molecule has 0 saturated carbocycles. The lowest BCUT2D eigenvalue weighted by atomic mass is 9.80. The summed E-state index contributed by atoms with van der Waals surface area (Å²) in [4.78, 5) is 15.1. The molecule has 0 aromatic heterocycles. The van der Waals surface area contributed by atoms with Gasteiger partial charge in [-0.15, -0.1) is 0 Å². The minimum atomic E-state index is -0.103. The number of aryl methyl sites for hydroxylation is 1. The van der Waals surface area contributed by atoms with Gasteiger partial charge in [-0.3, -0.25) is 4.79 Å². The summed E-state index contributed by atoms with van der Waals surface area (Å²) < 4.78 is 0. The van der Waals surface area contributed by atoms with Crippen LogP contribution < -0.4 is 5.73 Å². The minimum Gasteiger partial charge on any atom is -0.393 e. The average molecular weight is 290 g/mol. The van der Waals surface area contributed by atoms with Crippen LogP contribution in [0.2, 0.25) is 0 Å². The van der Waals surface area contributed by atoms with Gasteiger partial charge in [-0.2, -0.15) is 0 Å². The van der Waals surface area contributed by atoms with E-state index in [4.69, 9.17) is 18.0 Å². The smallest absolute Gasteiger partial charge is 0.254 e. The van der Waals surface area contributed by atoms with Gasteiger partial charge in [-0.05, 0) is 43.9 Å². The third-order valence-electron chi connectivity index (χ3n) is 4.58. The van der Waals surface area contributed by atoms with E-state index in [0.29, 0.717) is 4.99 Å². The van der Waals surface area contributed by atoms with Gasteiger partial charge in [0.2, 0.25) is 0 Å². The molecule has 0 unspecified atom stereocenters. The van der Waals surface area contributed by atoms with Crippen LogP contribution in [0.5, 0.6) is 0 Å². The average Bonchev–Trinajstić information content (AvgIpc) is 2.42. The van der Waals surface area contributed by atoms with Crippen LogP contribution in [-0.2, 0) is 0 Å². The summed E-state index contributed by atoms with van der Waals surface area (Å²) in [7, 11) is 0. The third kappa shape index (κ3) is 2.70. The second-order valence-electron chi connectivity index (χ2n) is 5.96. The van der Waals surface area contributed by atoms with Crippen molar-refractivity contribution in [3.05, 3.63) is 34.9 Å². The first-order valence-corrected chi connectivity index (χ1v) is 7.41. The molecule has 0 bridgehead atoms. The Hall–Kier alpha value is -1.42. The lowest BCUT2D eigenvalue weighted by molar-refractivity contribution is 0.0669. The fourth-order valence-corrected chi connectivity index (χ4v) is 2.81. The van der Waals surface area contributed by atoms with Crippen molar-refractivity contribution in [3.8, 4) is 0 Å². The van der Waals surface area contributed by atoms with Gasteiger partial charge in [0.1, 0.15) is 0 Å². The number of piperidine rings is 1. The van der Waals surface area contributed by atoms with Crippen molar-refractivity contribution < 1.29 is 4.79 Å². The molecule has 1 aliphatic heterocycles. The quantitative estimate of drug-likeness (QED) is 0.852. The van der Waals surface area contributed by atoms with Gasteiger partial charge >= 0.3 is 0 Å². The molecule has 3 nitrogen and oxygen atoms in total. The number of benzene rings is 1. The molecule has 0 radical (unpaired) electrons. The number of rotatable bonds is 2. The fourth-order valence-electron chi connectivity index (χ4n) is 2.60. The van der Waals surface area contributed by atoms with E-state index in [2.05, 4.69) is 6.92 Å². The molecule has 1 aromatic carbocycles. The van der Waals surface area contributed by atoms with Crippen LogP contribution in [0.3, 0.4) is 0 Å². The van der Waals surface area contributed by atoms with E-state index in [1.807, 2.05) is 36.9 Å². The number of nitrogens with two attached hydrogens (primary N) is 1. The number of carbonyl (C=O) groups excluding carboxylic acids is 1. The predicted octanol–water partition coefficient (Wildman–Crippen LogP) is 2.83. The van der Waals surface area contributed by atoms with E-state index >= 15 is 0 Å². The van der Waals surface area contributed by atoms with Crippen molar-refractivity contribution >= 4 is 23.1 Å². The number of hydrogen-bond acceptors (Lipinski definition) is 2. The molecule has 1 amide bonds. The lowest BCUT2D eigenvalue weighted by Crippen LogP contribution is -2.46. The van der Waals surface area contributed by atoms with E-state index in [-0.39, 0.29) is 11.3 Å². The molecular formula is C16H22N2OS. The highest BCUT2D eigenvalue weighted by atomic mass is 32.1. The van der Waals surface area contributed by atoms with E-state index in [0.717, 1.165) is 42.6 Å². The van der Waals surface area contributed by atoms with Gasteiger partial charge in [0.25, 0.3) is 5.91 Å². The number of hydrogen-bond donors (Lipinski definition) is 1. The highest BCUT2D eigenvalue weighted by Gasteiger charge is 2.34. The van der Waals surface area contributed by atoms with E-state index in [1.54, 1.807) is 0 Å². The van der Waals surface area contributed by atoms with Gasteiger partial charge in [0, 0.05) is 24.1 Å². The van der Waals surface area contributed by atoms with E-state index in [1.165, 1.54) is 0 Å². The number of thiocarbonyl (C=S) groups is 1. The molecule has 1 saturated heterocycles. The first kappa shape index (κ1) is 15.0. The Morgan fingerprint density at radius 3 is 2.45 bits per heavy atom. The molecule has 1 aliphatic rings. The summed E-state index contributed by atoms with van der Waals surface area (Å²) in [5, 5.41) is 0. The molecule has 0 spiro atoms. The number of likely N-dealkylation sites (tertiary alicyclic amines) is 1. The number of carbonyl (C=O) groups is 1. The Morgan fingerprint density at radius 1 is 1.30 bits per heavy atom. The van der Waals surface area contributed by atoms with Crippen LogP contribution in [0.15, 0.2) is 18.2 Å². The van der Waals surface area contributed by atoms with Crippen molar-refractivity contribution in [2.45, 2.75) is 33.6 Å². The fraction of sp³-hybridized carbons (Fsp3) is 0.500. The second kappa shape index (κ2) is 5.52. The Morgan fingerprint density at radius 2 is 1.90 bits per heavy atom. The van der Waals surface area contributed by atoms with Crippen LogP contribution in [0, 0.1) is 19.3 Å². The van der Waals surface area contributed by atoms with Crippen molar-refractivity contribution in [1.29, 1.82) is 0 Å². The Kier molecular flexibility index (Phi) is 4.14. The minimum absolute atomic E-state index is 0.103. The summed E-state index contributed by atoms with van der Waals surface area (Å²) in [6, 6.07) is 5.89. The van der Waals surface area contributed by atoms with E-state index in [9.17, 15) is 4.79 Å². The summed E-state index contributed by atoms with van der Waals surface area (Å²) in [6.07, 6.45) is 1.69. The Labute approximate surface area is 126 Å². The first-order chi connectivity index (χ1) is 9.35. The molecule has 2 N–H and O–H groups in total. The maximum Gasteiger partial charge on any atom is 0.254 e. The van der Waals surface area contributed by atoms with Gasteiger partial charge in [-0.1, -0.05) is 31.3 Å². The highest BCUT2D eigenvalue weighted by Crippen LogP contribution is 2.32. The maximum atomic E-state index is 12.6. The van der Waals surface area contributed by atoms with Crippen LogP contribution in [0.4, 0.5) is 0 Å². The zero-order valence-electron chi connectivity index (χ0n) is 12.4. The largest absolute Gasteiger partial charge is 0.393 e. The summed E-state index contributed by atoms with van der Waals surface area (Å²) in [6.45, 7) is 7.58. The van der Waals surface area contributed by atoms with Crippen LogP contribution in [-0.4, -0.2) is 28.9 Å². The van der Waals surface area contributed by atoms with Crippen molar-refractivity contribution in [2.75, 3.05) is 13.1 Å². The Bertz CT molecular complexity index is 545. The molecule has 1 heterocycles. The third-order valence-corrected chi connectivity index (χ3v) is 5.08. The summed E-state index contributed by atoms with van der Waals surface area (Å²) in [5.41, 5.74) is 8.74. The van der Waals surface area contributed by atoms with Gasteiger partial charge < -0.3 is 10.6 Å². The second-order valence-corrected chi connectivity index (χ2v) is 6.40. The molecule has 20 heavy (non-hydrogen) atoms. The normalized spacial score (nSPS) is 17.9. The topological polar surface area (TPSA) is 46.3 Å². The van der Waals surface area contributed by atoms with Crippen LogP contribution in [0.1, 0.15) is 41.3 Å². The Balaban J connectivity index is 2.13. The van der Waals surface area contributed by atoms with Crippen LogP contribution >= 0.6 is 12.2 Å². The predicted molar refractivity (Wildman–Crippen MR) is 85.9 cm³/mol. The van der Waals surface area contributed by atoms with Crippen molar-refractivity contribution in [2.24, 2.45) is 11.1 Å². The molecular weight excluding hydrogens is 268 g/mol. The molecule has 1 fully saturated rings. The lowest BCUT2D eigenvalue weighted by Gasteiger charge is -2.38. The zero-order chi connectivity index (χ0) is 14.9. The monoisotopic (exact) mass is 290 g/mol. The first-order valence-electron chi connectivity index (χ1n) is 7.00. The number of amides is 1. The van der Waals surface area contributed by atoms with Gasteiger partial charge in [0.15, 0.2) is 0 Å². The summed E-state index contributed by atoms with van der Waals surface area (Å²) >= 11 is 5.14. The van der Waals surface area contributed by atoms with Crippen molar-refractivity contribution in [1.82, 2.24) is 4.90 Å². The maximum absolute atomic E-state index is 12.6. The summed E-state index contributed by atoms with van der Waals surface area (Å²) in [5.74, 6) is 0.121. The molecule has 2 rings (SSSR count). The molecule has 0 aliphatic carbocycles. The highest BCUT2D eigenvalue weighted by molar-refractivity contribution is 7.80. The van der Waals surface area contributed by atoms with Gasteiger partial charge in [-0.25, -0.2) is 0 Å². The van der Waals surface area contributed by atoms with Crippen LogP contribution in [0.25, 0.3) is 0 Å². The molecule has 0 atom stereocenters. The SMILES string of the molecule is Cc1cccc(C(=O)N2CCC(C)(C(N)=S)CC2)c1C. The zero-order valence-corrected chi connectivity index (χ0v) is 13.2.